The molecule has 2 aromatic rings. The van der Waals surface area contributed by atoms with Gasteiger partial charge < -0.3 is 14.9 Å². The van der Waals surface area contributed by atoms with Crippen LogP contribution in [0, 0.1) is 0 Å². The molecule has 0 aliphatic carbocycles. The van der Waals surface area contributed by atoms with Crippen LogP contribution in [0.15, 0.2) is 35.5 Å². The predicted molar refractivity (Wildman–Crippen MR) is 70.4 cm³/mol. The number of imidazole rings is 1. The van der Waals surface area contributed by atoms with Gasteiger partial charge in [0.25, 0.3) is 0 Å². The minimum Gasteiger partial charge on any atom is -0.336 e. The van der Waals surface area contributed by atoms with Crippen molar-refractivity contribution in [2.45, 2.75) is 19.4 Å². The maximum atomic E-state index is 11.4. The summed E-state index contributed by atoms with van der Waals surface area (Å²) in [5.41, 5.74) is 0.839. The van der Waals surface area contributed by atoms with E-state index in [9.17, 15) is 4.79 Å². The summed E-state index contributed by atoms with van der Waals surface area (Å²) in [4.78, 5) is 18.4. The number of pyridine rings is 1. The van der Waals surface area contributed by atoms with Gasteiger partial charge in [-0.1, -0.05) is 6.92 Å². The number of rotatable bonds is 5. The molecule has 0 saturated carbocycles. The van der Waals surface area contributed by atoms with E-state index in [1.54, 1.807) is 18.5 Å². The molecular formula is C13H18N4O. The highest BCUT2D eigenvalue weighted by atomic mass is 16.1. The molecule has 0 radical (unpaired) electrons. The fourth-order valence-corrected chi connectivity index (χ4v) is 1.94. The van der Waals surface area contributed by atoms with Gasteiger partial charge >= 0.3 is 0 Å². The number of H-pyrrole nitrogens is 1. The van der Waals surface area contributed by atoms with Gasteiger partial charge in [-0.2, -0.15) is 0 Å². The first kappa shape index (κ1) is 12.6. The van der Waals surface area contributed by atoms with Crippen molar-refractivity contribution in [3.05, 3.63) is 52.5 Å². The lowest BCUT2D eigenvalue weighted by Gasteiger charge is -2.18. The molecule has 0 aromatic carbocycles. The molecule has 0 saturated heterocycles. The van der Waals surface area contributed by atoms with Crippen molar-refractivity contribution in [3.8, 4) is 0 Å². The van der Waals surface area contributed by atoms with Crippen molar-refractivity contribution in [3.63, 3.8) is 0 Å². The van der Waals surface area contributed by atoms with Crippen LogP contribution in [-0.4, -0.2) is 21.1 Å². The molecule has 1 unspecified atom stereocenters. The number of nitrogens with one attached hydrogen (secondary N) is 2. The molecule has 0 spiro atoms. The third kappa shape index (κ3) is 2.68. The maximum Gasteiger partial charge on any atom is 0.248 e. The topological polar surface area (TPSA) is 62.7 Å². The van der Waals surface area contributed by atoms with E-state index in [2.05, 4.69) is 22.2 Å². The predicted octanol–water partition coefficient (Wildman–Crippen LogP) is 1.20. The standard InChI is InChI=1S/C13H18N4O/c1-3-5-15-12(13-16-7-8-17(13)2)10-4-6-14-11(18)9-10/h4,6-9,12,15H,3,5H2,1-2H3,(H,14,18). The van der Waals surface area contributed by atoms with Gasteiger partial charge in [-0.05, 0) is 24.6 Å². The number of aromatic amines is 1. The van der Waals surface area contributed by atoms with Gasteiger partial charge in [0.15, 0.2) is 0 Å². The third-order valence-electron chi connectivity index (χ3n) is 2.85. The summed E-state index contributed by atoms with van der Waals surface area (Å²) >= 11 is 0. The van der Waals surface area contributed by atoms with Gasteiger partial charge in [-0.15, -0.1) is 0 Å². The van der Waals surface area contributed by atoms with Crippen molar-refractivity contribution in [1.82, 2.24) is 19.9 Å². The smallest absolute Gasteiger partial charge is 0.248 e. The lowest BCUT2D eigenvalue weighted by atomic mass is 10.1. The first-order chi connectivity index (χ1) is 8.72. The summed E-state index contributed by atoms with van der Waals surface area (Å²) in [6.45, 7) is 2.99. The lowest BCUT2D eigenvalue weighted by molar-refractivity contribution is 0.555. The van der Waals surface area contributed by atoms with Crippen LogP contribution in [-0.2, 0) is 7.05 Å². The van der Waals surface area contributed by atoms with E-state index in [4.69, 9.17) is 0 Å². The Balaban J connectivity index is 2.36. The summed E-state index contributed by atoms with van der Waals surface area (Å²) in [5.74, 6) is 0.911. The highest BCUT2D eigenvalue weighted by Crippen LogP contribution is 2.18. The summed E-state index contributed by atoms with van der Waals surface area (Å²) in [6, 6.07) is 3.47. The summed E-state index contributed by atoms with van der Waals surface area (Å²) in [6.07, 6.45) is 6.37. The van der Waals surface area contributed by atoms with Crippen LogP contribution in [0.25, 0.3) is 0 Å². The molecule has 2 heterocycles. The summed E-state index contributed by atoms with van der Waals surface area (Å²) in [7, 11) is 1.95. The van der Waals surface area contributed by atoms with Crippen molar-refractivity contribution >= 4 is 0 Å². The van der Waals surface area contributed by atoms with Gasteiger partial charge in [-0.25, -0.2) is 4.98 Å². The molecule has 0 aliphatic rings. The normalized spacial score (nSPS) is 12.6. The van der Waals surface area contributed by atoms with Crippen LogP contribution in [0.3, 0.4) is 0 Å². The average Bonchev–Trinajstić information content (AvgIpc) is 2.77. The molecular weight excluding hydrogens is 228 g/mol. The molecule has 18 heavy (non-hydrogen) atoms. The van der Waals surface area contributed by atoms with E-state index in [1.165, 1.54) is 0 Å². The van der Waals surface area contributed by atoms with Crippen LogP contribution in [0.5, 0.6) is 0 Å². The van der Waals surface area contributed by atoms with Crippen LogP contribution in [0.4, 0.5) is 0 Å². The Hall–Kier alpha value is -1.88. The SMILES string of the molecule is CCCNC(c1cc[nH]c(=O)c1)c1nccn1C. The largest absolute Gasteiger partial charge is 0.336 e. The van der Waals surface area contributed by atoms with E-state index in [-0.39, 0.29) is 11.6 Å². The molecule has 1 atom stereocenters. The van der Waals surface area contributed by atoms with Crippen molar-refractivity contribution in [1.29, 1.82) is 0 Å². The fraction of sp³-hybridized carbons (Fsp3) is 0.385. The minimum atomic E-state index is -0.0926. The third-order valence-corrected chi connectivity index (χ3v) is 2.85. The summed E-state index contributed by atoms with van der Waals surface area (Å²) < 4.78 is 1.97. The second-order valence-corrected chi connectivity index (χ2v) is 4.27. The molecule has 0 amide bonds. The van der Waals surface area contributed by atoms with E-state index in [0.29, 0.717) is 0 Å². The fourth-order valence-electron chi connectivity index (χ4n) is 1.94. The Kier molecular flexibility index (Phi) is 3.94. The molecule has 2 aromatic heterocycles. The van der Waals surface area contributed by atoms with Gasteiger partial charge in [0.05, 0.1) is 6.04 Å². The van der Waals surface area contributed by atoms with Gasteiger partial charge in [0.2, 0.25) is 5.56 Å². The molecule has 0 fully saturated rings. The maximum absolute atomic E-state index is 11.4. The van der Waals surface area contributed by atoms with Crippen LogP contribution >= 0.6 is 0 Å². The second kappa shape index (κ2) is 5.64. The quantitative estimate of drug-likeness (QED) is 0.833. The number of aryl methyl sites for hydroxylation is 1. The Morgan fingerprint density at radius 1 is 1.56 bits per heavy atom. The first-order valence-corrected chi connectivity index (χ1v) is 6.11. The zero-order chi connectivity index (χ0) is 13.0. The Morgan fingerprint density at radius 3 is 3.00 bits per heavy atom. The molecule has 96 valence electrons. The van der Waals surface area contributed by atoms with E-state index < -0.39 is 0 Å². The van der Waals surface area contributed by atoms with Crippen molar-refractivity contribution in [2.75, 3.05) is 6.54 Å². The molecule has 0 bridgehead atoms. The second-order valence-electron chi connectivity index (χ2n) is 4.27. The zero-order valence-corrected chi connectivity index (χ0v) is 10.7. The van der Waals surface area contributed by atoms with Gasteiger partial charge in [-0.3, -0.25) is 4.79 Å². The molecule has 5 heteroatoms. The number of nitrogens with zero attached hydrogens (tertiary/aromatic N) is 2. The highest BCUT2D eigenvalue weighted by Gasteiger charge is 2.17. The molecule has 0 aliphatic heterocycles. The van der Waals surface area contributed by atoms with Gasteiger partial charge in [0.1, 0.15) is 5.82 Å². The molecule has 2 N–H and O–H groups in total. The Bertz CT molecular complexity index is 558. The van der Waals surface area contributed by atoms with Gasteiger partial charge in [0, 0.05) is 31.7 Å². The van der Waals surface area contributed by atoms with E-state index in [0.717, 1.165) is 24.4 Å². The highest BCUT2D eigenvalue weighted by molar-refractivity contribution is 5.22. The summed E-state index contributed by atoms with van der Waals surface area (Å²) in [5, 5.41) is 3.42. The van der Waals surface area contributed by atoms with Crippen LogP contribution in [0.1, 0.15) is 30.8 Å². The number of hydrogen-bond donors (Lipinski definition) is 2. The Morgan fingerprint density at radius 2 is 2.39 bits per heavy atom. The van der Waals surface area contributed by atoms with Crippen molar-refractivity contribution in [2.24, 2.45) is 7.05 Å². The monoisotopic (exact) mass is 246 g/mol. The molecule has 5 nitrogen and oxygen atoms in total. The molecule has 2 rings (SSSR count). The Labute approximate surface area is 106 Å². The first-order valence-electron chi connectivity index (χ1n) is 6.11. The number of hydrogen-bond acceptors (Lipinski definition) is 3. The van der Waals surface area contributed by atoms with Crippen LogP contribution in [0.2, 0.25) is 0 Å². The van der Waals surface area contributed by atoms with Crippen molar-refractivity contribution < 1.29 is 0 Å². The zero-order valence-electron chi connectivity index (χ0n) is 10.7. The number of aromatic nitrogens is 3. The van der Waals surface area contributed by atoms with Crippen LogP contribution < -0.4 is 10.9 Å². The average molecular weight is 246 g/mol. The van der Waals surface area contributed by atoms with E-state index in [1.807, 2.05) is 23.9 Å². The lowest BCUT2D eigenvalue weighted by Crippen LogP contribution is -2.26. The minimum absolute atomic E-state index is 0.0488. The van der Waals surface area contributed by atoms with E-state index >= 15 is 0 Å².